The molecule has 84 valence electrons. The molecule has 0 aliphatic carbocycles. The highest BCUT2D eigenvalue weighted by Crippen LogP contribution is 2.16. The molecule has 1 aromatic heterocycles. The van der Waals surface area contributed by atoms with Crippen LogP contribution in [0, 0.1) is 13.8 Å². The molecule has 2 N–H and O–H groups in total. The number of nitrogens with two attached hydrogens (primary N) is 1. The van der Waals surface area contributed by atoms with E-state index < -0.39 is 0 Å². The molecule has 0 aliphatic rings. The second kappa shape index (κ2) is 4.66. The molecule has 0 spiro atoms. The summed E-state index contributed by atoms with van der Waals surface area (Å²) in [6.07, 6.45) is 2.01. The van der Waals surface area contributed by atoms with Gasteiger partial charge >= 0.3 is 0 Å². The lowest BCUT2D eigenvalue weighted by molar-refractivity contribution is 0.918. The Labute approximate surface area is 100 Å². The van der Waals surface area contributed by atoms with Crippen LogP contribution in [0.3, 0.4) is 0 Å². The zero-order valence-corrected chi connectivity index (χ0v) is 10.5. The minimum absolute atomic E-state index is 0.663. The molecule has 0 saturated carbocycles. The van der Waals surface area contributed by atoms with Gasteiger partial charge in [0.15, 0.2) is 5.13 Å². The minimum atomic E-state index is 0.663. The first-order valence-corrected chi connectivity index (χ1v) is 6.29. The molecule has 0 atom stereocenters. The number of nitrogen functional groups attached to an aromatic ring is 1. The number of hydrogen-bond acceptors (Lipinski definition) is 3. The van der Waals surface area contributed by atoms with Gasteiger partial charge in [0, 0.05) is 5.38 Å². The van der Waals surface area contributed by atoms with E-state index in [0.717, 1.165) is 18.5 Å². The Bertz CT molecular complexity index is 488. The van der Waals surface area contributed by atoms with Crippen LogP contribution in [0.25, 0.3) is 0 Å². The lowest BCUT2D eigenvalue weighted by Crippen LogP contribution is -1.95. The van der Waals surface area contributed by atoms with Crippen molar-refractivity contribution in [3.63, 3.8) is 0 Å². The van der Waals surface area contributed by atoms with Crippen LogP contribution in [-0.2, 0) is 12.8 Å². The molecule has 0 unspecified atom stereocenters. The average molecular weight is 232 g/mol. The van der Waals surface area contributed by atoms with E-state index >= 15 is 0 Å². The predicted molar refractivity (Wildman–Crippen MR) is 69.9 cm³/mol. The van der Waals surface area contributed by atoms with E-state index in [1.165, 1.54) is 28.0 Å². The molecule has 0 bridgehead atoms. The molecule has 1 aromatic carbocycles. The Kier molecular flexibility index (Phi) is 3.25. The van der Waals surface area contributed by atoms with Gasteiger partial charge in [0.1, 0.15) is 0 Å². The molecule has 3 heteroatoms. The van der Waals surface area contributed by atoms with Crippen LogP contribution in [0.2, 0.25) is 0 Å². The summed E-state index contributed by atoms with van der Waals surface area (Å²) in [7, 11) is 0. The first-order valence-electron chi connectivity index (χ1n) is 5.41. The fourth-order valence-corrected chi connectivity index (χ4v) is 2.42. The number of benzene rings is 1. The van der Waals surface area contributed by atoms with Crippen LogP contribution in [-0.4, -0.2) is 4.98 Å². The second-order valence-electron chi connectivity index (χ2n) is 4.11. The van der Waals surface area contributed by atoms with Crippen LogP contribution >= 0.6 is 11.3 Å². The third-order valence-electron chi connectivity index (χ3n) is 2.72. The maximum Gasteiger partial charge on any atom is 0.180 e. The number of aromatic nitrogens is 1. The molecule has 1 heterocycles. The van der Waals surface area contributed by atoms with Gasteiger partial charge < -0.3 is 5.73 Å². The number of thiazole rings is 1. The van der Waals surface area contributed by atoms with Crippen molar-refractivity contribution < 1.29 is 0 Å². The normalized spacial score (nSPS) is 10.6. The standard InChI is InChI=1S/C13H16N2S/c1-9-3-4-11(10(2)7-9)5-6-12-8-16-13(14)15-12/h3-4,7-8H,5-6H2,1-2H3,(H2,14,15). The van der Waals surface area contributed by atoms with Crippen molar-refractivity contribution in [2.45, 2.75) is 26.7 Å². The fourth-order valence-electron chi connectivity index (χ4n) is 1.83. The molecule has 2 aromatic rings. The molecule has 0 amide bonds. The highest BCUT2D eigenvalue weighted by Gasteiger charge is 2.02. The van der Waals surface area contributed by atoms with Crippen LogP contribution < -0.4 is 5.73 Å². The molecular formula is C13H16N2S. The van der Waals surface area contributed by atoms with Gasteiger partial charge in [-0.15, -0.1) is 11.3 Å². The van der Waals surface area contributed by atoms with E-state index in [9.17, 15) is 0 Å². The molecule has 0 radical (unpaired) electrons. The van der Waals surface area contributed by atoms with Crippen molar-refractivity contribution >= 4 is 16.5 Å². The molecular weight excluding hydrogens is 216 g/mol. The number of anilines is 1. The van der Waals surface area contributed by atoms with Crippen LogP contribution in [0.15, 0.2) is 23.6 Å². The lowest BCUT2D eigenvalue weighted by Gasteiger charge is -2.05. The Morgan fingerprint density at radius 1 is 1.25 bits per heavy atom. The minimum Gasteiger partial charge on any atom is -0.375 e. The Morgan fingerprint density at radius 3 is 2.69 bits per heavy atom. The van der Waals surface area contributed by atoms with E-state index in [4.69, 9.17) is 5.73 Å². The van der Waals surface area contributed by atoms with Crippen LogP contribution in [0.1, 0.15) is 22.4 Å². The third kappa shape index (κ3) is 2.61. The zero-order chi connectivity index (χ0) is 11.5. The zero-order valence-electron chi connectivity index (χ0n) is 9.66. The maximum absolute atomic E-state index is 5.60. The number of hydrogen-bond donors (Lipinski definition) is 1. The number of nitrogens with zero attached hydrogens (tertiary/aromatic N) is 1. The van der Waals surface area contributed by atoms with Crippen molar-refractivity contribution in [3.8, 4) is 0 Å². The molecule has 0 saturated heterocycles. The largest absolute Gasteiger partial charge is 0.375 e. The van der Waals surface area contributed by atoms with Gasteiger partial charge in [-0.25, -0.2) is 4.98 Å². The smallest absolute Gasteiger partial charge is 0.180 e. The highest BCUT2D eigenvalue weighted by molar-refractivity contribution is 7.13. The molecule has 2 nitrogen and oxygen atoms in total. The van der Waals surface area contributed by atoms with Crippen molar-refractivity contribution in [1.29, 1.82) is 0 Å². The summed E-state index contributed by atoms with van der Waals surface area (Å²) >= 11 is 1.51. The summed E-state index contributed by atoms with van der Waals surface area (Å²) in [4.78, 5) is 4.27. The summed E-state index contributed by atoms with van der Waals surface area (Å²) in [5.74, 6) is 0. The molecule has 2 rings (SSSR count). The number of aryl methyl sites for hydroxylation is 4. The van der Waals surface area contributed by atoms with Gasteiger partial charge in [0.25, 0.3) is 0 Å². The van der Waals surface area contributed by atoms with Crippen molar-refractivity contribution in [1.82, 2.24) is 4.98 Å². The quantitative estimate of drug-likeness (QED) is 0.883. The van der Waals surface area contributed by atoms with Crippen LogP contribution in [0.5, 0.6) is 0 Å². The van der Waals surface area contributed by atoms with E-state index in [2.05, 4.69) is 37.0 Å². The number of rotatable bonds is 3. The SMILES string of the molecule is Cc1ccc(CCc2csc(N)n2)c(C)c1. The predicted octanol–water partition coefficient (Wildman–Crippen LogP) is 3.13. The Balaban J connectivity index is 2.04. The van der Waals surface area contributed by atoms with Gasteiger partial charge in [0.2, 0.25) is 0 Å². The summed E-state index contributed by atoms with van der Waals surface area (Å²) in [5, 5.41) is 2.70. The van der Waals surface area contributed by atoms with E-state index in [1.54, 1.807) is 0 Å². The van der Waals surface area contributed by atoms with Gasteiger partial charge in [-0.05, 0) is 37.8 Å². The maximum atomic E-state index is 5.60. The average Bonchev–Trinajstić information content (AvgIpc) is 2.63. The monoisotopic (exact) mass is 232 g/mol. The Hall–Kier alpha value is -1.35. The van der Waals surface area contributed by atoms with E-state index in [0.29, 0.717) is 5.13 Å². The van der Waals surface area contributed by atoms with Gasteiger partial charge in [-0.2, -0.15) is 0 Å². The van der Waals surface area contributed by atoms with Crippen molar-refractivity contribution in [2.75, 3.05) is 5.73 Å². The van der Waals surface area contributed by atoms with E-state index in [-0.39, 0.29) is 0 Å². The lowest BCUT2D eigenvalue weighted by atomic mass is 10.0. The third-order valence-corrected chi connectivity index (χ3v) is 3.44. The first-order chi connectivity index (χ1) is 7.65. The van der Waals surface area contributed by atoms with Gasteiger partial charge in [-0.1, -0.05) is 23.8 Å². The van der Waals surface area contributed by atoms with Gasteiger partial charge in [0.05, 0.1) is 5.69 Å². The van der Waals surface area contributed by atoms with Crippen molar-refractivity contribution in [2.24, 2.45) is 0 Å². The summed E-state index contributed by atoms with van der Waals surface area (Å²) in [6, 6.07) is 6.60. The summed E-state index contributed by atoms with van der Waals surface area (Å²) in [5.41, 5.74) is 10.8. The topological polar surface area (TPSA) is 38.9 Å². The first kappa shape index (κ1) is 11.1. The molecule has 0 fully saturated rings. The van der Waals surface area contributed by atoms with Gasteiger partial charge in [-0.3, -0.25) is 0 Å². The summed E-state index contributed by atoms with van der Waals surface area (Å²) in [6.45, 7) is 4.29. The molecule has 0 aliphatic heterocycles. The Morgan fingerprint density at radius 2 is 2.06 bits per heavy atom. The van der Waals surface area contributed by atoms with Crippen LogP contribution in [0.4, 0.5) is 5.13 Å². The summed E-state index contributed by atoms with van der Waals surface area (Å²) < 4.78 is 0. The van der Waals surface area contributed by atoms with Crippen molar-refractivity contribution in [3.05, 3.63) is 46.0 Å². The second-order valence-corrected chi connectivity index (χ2v) is 5.00. The highest BCUT2D eigenvalue weighted by atomic mass is 32.1. The van der Waals surface area contributed by atoms with E-state index in [1.807, 2.05) is 5.38 Å². The molecule has 16 heavy (non-hydrogen) atoms. The fraction of sp³-hybridized carbons (Fsp3) is 0.308.